The molecule has 0 saturated carbocycles. The highest BCUT2D eigenvalue weighted by Crippen LogP contribution is 2.20. The van der Waals surface area contributed by atoms with Gasteiger partial charge in [0.15, 0.2) is 4.34 Å². The van der Waals surface area contributed by atoms with Crippen molar-refractivity contribution in [3.8, 4) is 0 Å². The number of nitrogens with one attached hydrogen (secondary N) is 1. The van der Waals surface area contributed by atoms with Gasteiger partial charge in [-0.1, -0.05) is 53.4 Å². The van der Waals surface area contributed by atoms with Crippen molar-refractivity contribution in [2.45, 2.75) is 10.4 Å². The third-order valence-corrected chi connectivity index (χ3v) is 5.61. The van der Waals surface area contributed by atoms with Gasteiger partial charge in [0.1, 0.15) is 5.51 Å². The molecule has 0 radical (unpaired) electrons. The number of carbonyl (C=O) groups excluding carboxylic acids is 1. The van der Waals surface area contributed by atoms with Crippen LogP contribution in [0.2, 0.25) is 0 Å². The van der Waals surface area contributed by atoms with Crippen LogP contribution < -0.4 is 5.32 Å². The number of thioether (sulfide) groups is 1. The van der Waals surface area contributed by atoms with Gasteiger partial charge in [-0.3, -0.25) is 9.69 Å². The number of morpholine rings is 1. The van der Waals surface area contributed by atoms with Crippen molar-refractivity contribution in [2.75, 3.05) is 38.6 Å². The van der Waals surface area contributed by atoms with Crippen molar-refractivity contribution in [1.29, 1.82) is 0 Å². The number of hydrogen-bond donors (Lipinski definition) is 1. The van der Waals surface area contributed by atoms with E-state index >= 15 is 0 Å². The van der Waals surface area contributed by atoms with Crippen LogP contribution >= 0.6 is 23.1 Å². The molecule has 1 aliphatic heterocycles. The van der Waals surface area contributed by atoms with Gasteiger partial charge >= 0.3 is 0 Å². The summed E-state index contributed by atoms with van der Waals surface area (Å²) in [5.41, 5.74) is 2.80. The summed E-state index contributed by atoms with van der Waals surface area (Å²) in [7, 11) is 0. The Labute approximate surface area is 149 Å². The van der Waals surface area contributed by atoms with Gasteiger partial charge in [-0.05, 0) is 5.56 Å². The van der Waals surface area contributed by atoms with Gasteiger partial charge in [0, 0.05) is 19.6 Å². The zero-order valence-electron chi connectivity index (χ0n) is 13.3. The van der Waals surface area contributed by atoms with Crippen molar-refractivity contribution >= 4 is 29.0 Å². The van der Waals surface area contributed by atoms with Crippen LogP contribution in [-0.4, -0.2) is 59.6 Å². The SMILES string of the molecule is O=C(CSc1nncs1)NC(CN1CCOCC1)c1ccccc1. The van der Waals surface area contributed by atoms with Gasteiger partial charge in [-0.2, -0.15) is 0 Å². The highest BCUT2D eigenvalue weighted by Gasteiger charge is 2.20. The molecule has 8 heteroatoms. The van der Waals surface area contributed by atoms with Crippen LogP contribution in [0, 0.1) is 0 Å². The first kappa shape index (κ1) is 17.3. The van der Waals surface area contributed by atoms with Gasteiger partial charge in [0.25, 0.3) is 0 Å². The van der Waals surface area contributed by atoms with Gasteiger partial charge in [0.05, 0.1) is 25.0 Å². The van der Waals surface area contributed by atoms with Gasteiger partial charge in [-0.15, -0.1) is 10.2 Å². The largest absolute Gasteiger partial charge is 0.379 e. The molecule has 0 bridgehead atoms. The van der Waals surface area contributed by atoms with E-state index in [-0.39, 0.29) is 11.9 Å². The molecule has 1 aromatic heterocycles. The molecule has 24 heavy (non-hydrogen) atoms. The molecule has 6 nitrogen and oxygen atoms in total. The average Bonchev–Trinajstić information content (AvgIpc) is 3.15. The second kappa shape index (κ2) is 9.12. The Morgan fingerprint density at radius 3 is 2.83 bits per heavy atom. The van der Waals surface area contributed by atoms with Crippen LogP contribution in [0.4, 0.5) is 0 Å². The number of carbonyl (C=O) groups is 1. The third-order valence-electron chi connectivity index (χ3n) is 3.75. The minimum Gasteiger partial charge on any atom is -0.379 e. The second-order valence-corrected chi connectivity index (χ2v) is 7.49. The van der Waals surface area contributed by atoms with Gasteiger partial charge in [-0.25, -0.2) is 0 Å². The van der Waals surface area contributed by atoms with E-state index in [0.717, 1.165) is 42.8 Å². The first-order valence-corrected chi connectivity index (χ1v) is 9.71. The van der Waals surface area contributed by atoms with Gasteiger partial charge in [0.2, 0.25) is 5.91 Å². The van der Waals surface area contributed by atoms with E-state index in [1.54, 1.807) is 5.51 Å². The fourth-order valence-electron chi connectivity index (χ4n) is 2.55. The number of benzene rings is 1. The highest BCUT2D eigenvalue weighted by atomic mass is 32.2. The predicted octanol–water partition coefficient (Wildman–Crippen LogP) is 1.82. The smallest absolute Gasteiger partial charge is 0.230 e. The molecule has 1 aliphatic rings. The summed E-state index contributed by atoms with van der Waals surface area (Å²) in [4.78, 5) is 14.7. The van der Waals surface area contributed by atoms with E-state index in [1.807, 2.05) is 18.2 Å². The van der Waals surface area contributed by atoms with E-state index in [0.29, 0.717) is 5.75 Å². The summed E-state index contributed by atoms with van der Waals surface area (Å²) in [6.45, 7) is 4.10. The summed E-state index contributed by atoms with van der Waals surface area (Å²) < 4.78 is 6.22. The first-order chi connectivity index (χ1) is 11.8. The van der Waals surface area contributed by atoms with E-state index in [9.17, 15) is 4.79 Å². The van der Waals surface area contributed by atoms with Crippen LogP contribution in [-0.2, 0) is 9.53 Å². The van der Waals surface area contributed by atoms with E-state index in [2.05, 4.69) is 32.5 Å². The lowest BCUT2D eigenvalue weighted by Crippen LogP contribution is -2.43. The molecule has 1 unspecified atom stereocenters. The third kappa shape index (κ3) is 5.27. The minimum atomic E-state index is -0.0215. The van der Waals surface area contributed by atoms with Crippen molar-refractivity contribution in [1.82, 2.24) is 20.4 Å². The van der Waals surface area contributed by atoms with Crippen molar-refractivity contribution in [3.63, 3.8) is 0 Å². The maximum Gasteiger partial charge on any atom is 0.230 e. The molecule has 3 rings (SSSR count). The van der Waals surface area contributed by atoms with E-state index < -0.39 is 0 Å². The standard InChI is InChI=1S/C16H20N4O2S2/c21-15(11-23-16-19-17-12-24-16)18-14(13-4-2-1-3-5-13)10-20-6-8-22-9-7-20/h1-5,12,14H,6-11H2,(H,18,21). The second-order valence-electron chi connectivity index (χ2n) is 5.44. The molecule has 1 fully saturated rings. The maximum absolute atomic E-state index is 12.3. The Morgan fingerprint density at radius 1 is 1.33 bits per heavy atom. The Bertz CT molecular complexity index is 618. The van der Waals surface area contributed by atoms with Crippen LogP contribution in [0.1, 0.15) is 11.6 Å². The molecular weight excluding hydrogens is 344 g/mol. The number of ether oxygens (including phenoxy) is 1. The molecule has 0 aliphatic carbocycles. The Morgan fingerprint density at radius 2 is 2.12 bits per heavy atom. The summed E-state index contributed by atoms with van der Waals surface area (Å²) in [6, 6.07) is 10.1. The van der Waals surface area contributed by atoms with Crippen molar-refractivity contribution < 1.29 is 9.53 Å². The molecule has 128 valence electrons. The normalized spacial score (nSPS) is 16.7. The average molecular weight is 364 g/mol. The molecule has 2 aromatic rings. The summed E-state index contributed by atoms with van der Waals surface area (Å²) in [5.74, 6) is 0.360. The fraction of sp³-hybridized carbons (Fsp3) is 0.438. The Hall–Kier alpha value is -1.48. The zero-order chi connectivity index (χ0) is 16.6. The number of amides is 1. The molecule has 1 atom stereocenters. The molecule has 1 saturated heterocycles. The van der Waals surface area contributed by atoms with Crippen LogP contribution in [0.5, 0.6) is 0 Å². The van der Waals surface area contributed by atoms with Crippen molar-refractivity contribution in [3.05, 3.63) is 41.4 Å². The number of aromatic nitrogens is 2. The first-order valence-electron chi connectivity index (χ1n) is 7.84. The van der Waals surface area contributed by atoms with Crippen LogP contribution in [0.3, 0.4) is 0 Å². The van der Waals surface area contributed by atoms with E-state index in [4.69, 9.17) is 4.74 Å². The lowest BCUT2D eigenvalue weighted by Gasteiger charge is -2.31. The Balaban J connectivity index is 1.59. The predicted molar refractivity (Wildman–Crippen MR) is 95.2 cm³/mol. The van der Waals surface area contributed by atoms with E-state index in [1.165, 1.54) is 23.1 Å². The molecule has 1 amide bonds. The number of hydrogen-bond acceptors (Lipinski definition) is 7. The van der Waals surface area contributed by atoms with Crippen molar-refractivity contribution in [2.24, 2.45) is 0 Å². The molecule has 0 spiro atoms. The molecule has 2 heterocycles. The lowest BCUT2D eigenvalue weighted by atomic mass is 10.1. The van der Waals surface area contributed by atoms with Gasteiger partial charge < -0.3 is 10.1 Å². The van der Waals surface area contributed by atoms with Crippen LogP contribution in [0.15, 0.2) is 40.2 Å². The summed E-state index contributed by atoms with van der Waals surface area (Å²) >= 11 is 2.86. The molecule has 1 aromatic carbocycles. The monoisotopic (exact) mass is 364 g/mol. The summed E-state index contributed by atoms with van der Waals surface area (Å²) in [6.07, 6.45) is 0. The fourth-order valence-corrected chi connectivity index (χ4v) is 3.85. The molecule has 1 N–H and O–H groups in total. The Kier molecular flexibility index (Phi) is 6.59. The highest BCUT2D eigenvalue weighted by molar-refractivity contribution is 8.01. The summed E-state index contributed by atoms with van der Waals surface area (Å²) in [5, 5.41) is 10.9. The topological polar surface area (TPSA) is 67.4 Å². The maximum atomic E-state index is 12.3. The van der Waals surface area contributed by atoms with Crippen LogP contribution in [0.25, 0.3) is 0 Å². The number of nitrogens with zero attached hydrogens (tertiary/aromatic N) is 3. The molecular formula is C16H20N4O2S2. The quantitative estimate of drug-likeness (QED) is 0.756. The zero-order valence-corrected chi connectivity index (χ0v) is 14.9. The minimum absolute atomic E-state index is 0.0114. The lowest BCUT2D eigenvalue weighted by molar-refractivity contribution is -0.119. The number of rotatable bonds is 7.